The van der Waals surface area contributed by atoms with Gasteiger partial charge >= 0.3 is 5.97 Å². The number of carboxylic acid groups (broad SMARTS) is 1. The van der Waals surface area contributed by atoms with Crippen LogP contribution in [0.25, 0.3) is 11.6 Å². The summed E-state index contributed by atoms with van der Waals surface area (Å²) in [6, 6.07) is 11.7. The fourth-order valence-corrected chi connectivity index (χ4v) is 7.23. The Morgan fingerprint density at radius 1 is 1.03 bits per heavy atom. The third-order valence-corrected chi connectivity index (χ3v) is 8.15. The average Bonchev–Trinajstić information content (AvgIpc) is 2.77. The highest BCUT2D eigenvalue weighted by Crippen LogP contribution is 2.62. The number of benzene rings is 2. The zero-order valence-corrected chi connectivity index (χ0v) is 17.9. The van der Waals surface area contributed by atoms with Crippen LogP contribution in [-0.2, 0) is 5.41 Å². The van der Waals surface area contributed by atoms with Crippen LogP contribution in [0.4, 0.5) is 0 Å². The summed E-state index contributed by atoms with van der Waals surface area (Å²) in [5.41, 5.74) is 5.14. The molecule has 4 heteroatoms. The monoisotopic (exact) mass is 416 g/mol. The van der Waals surface area contributed by atoms with Crippen LogP contribution >= 0.6 is 0 Å². The van der Waals surface area contributed by atoms with Gasteiger partial charge in [-0.1, -0.05) is 12.1 Å². The Bertz CT molecular complexity index is 1060. The largest absolute Gasteiger partial charge is 0.496 e. The highest BCUT2D eigenvalue weighted by atomic mass is 16.5. The van der Waals surface area contributed by atoms with Crippen molar-refractivity contribution in [3.63, 3.8) is 0 Å². The molecule has 4 fully saturated rings. The molecule has 31 heavy (non-hydrogen) atoms. The van der Waals surface area contributed by atoms with Crippen molar-refractivity contribution in [3.8, 4) is 11.5 Å². The maximum Gasteiger partial charge on any atom is 0.335 e. The lowest BCUT2D eigenvalue weighted by Gasteiger charge is -2.57. The lowest BCUT2D eigenvalue weighted by molar-refractivity contribution is -0.00616. The number of rotatable bonds is 4. The second-order valence-electron chi connectivity index (χ2n) is 10.1. The SMILES string of the molecule is COc1ccc(C2=Cc3ccc(C(=O)O)cc3OC2)cc1C12CC3CC(CC(C3)C1)C2. The zero-order valence-electron chi connectivity index (χ0n) is 17.9. The summed E-state index contributed by atoms with van der Waals surface area (Å²) in [6.07, 6.45) is 10.3. The van der Waals surface area contributed by atoms with Gasteiger partial charge in [0.2, 0.25) is 0 Å². The molecule has 4 aliphatic carbocycles. The molecule has 1 N–H and O–H groups in total. The Hall–Kier alpha value is -2.75. The molecule has 1 heterocycles. The summed E-state index contributed by atoms with van der Waals surface area (Å²) in [6.45, 7) is 0.447. The Morgan fingerprint density at radius 2 is 1.74 bits per heavy atom. The Balaban J connectivity index is 1.39. The van der Waals surface area contributed by atoms with E-state index in [1.807, 2.05) is 6.07 Å². The summed E-state index contributed by atoms with van der Waals surface area (Å²) in [5, 5.41) is 9.23. The molecule has 7 rings (SSSR count). The Morgan fingerprint density at radius 3 is 2.39 bits per heavy atom. The van der Waals surface area contributed by atoms with Crippen molar-refractivity contribution in [2.45, 2.75) is 43.9 Å². The molecule has 0 radical (unpaired) electrons. The van der Waals surface area contributed by atoms with E-state index in [0.29, 0.717) is 12.4 Å². The highest BCUT2D eigenvalue weighted by Gasteiger charge is 2.52. The van der Waals surface area contributed by atoms with Crippen LogP contribution in [0.5, 0.6) is 11.5 Å². The van der Waals surface area contributed by atoms with Crippen molar-refractivity contribution in [3.05, 3.63) is 58.7 Å². The van der Waals surface area contributed by atoms with E-state index in [0.717, 1.165) is 34.6 Å². The minimum atomic E-state index is -0.934. The van der Waals surface area contributed by atoms with E-state index in [1.165, 1.54) is 49.7 Å². The summed E-state index contributed by atoms with van der Waals surface area (Å²) < 4.78 is 11.8. The standard InChI is InChI=1S/C27H28O4/c1-30-24-5-4-19(22-9-20-2-3-21(26(28)29)11-25(20)31-15-22)10-23(24)27-12-16-6-17(13-27)8-18(7-16)14-27/h2-5,9-11,16-18H,6-8,12-15H2,1H3,(H,28,29). The molecule has 0 atom stereocenters. The van der Waals surface area contributed by atoms with Crippen molar-refractivity contribution in [1.82, 2.24) is 0 Å². The molecule has 0 unspecified atom stereocenters. The van der Waals surface area contributed by atoms with Crippen LogP contribution in [0.1, 0.15) is 65.6 Å². The van der Waals surface area contributed by atoms with E-state index in [-0.39, 0.29) is 11.0 Å². The number of aromatic carboxylic acids is 1. The molecule has 2 aromatic rings. The van der Waals surface area contributed by atoms with Crippen LogP contribution in [0.15, 0.2) is 36.4 Å². The molecule has 2 aromatic carbocycles. The van der Waals surface area contributed by atoms with E-state index in [9.17, 15) is 9.90 Å². The van der Waals surface area contributed by atoms with Gasteiger partial charge in [-0.2, -0.15) is 0 Å². The molecule has 4 bridgehead atoms. The number of ether oxygens (including phenoxy) is 2. The van der Waals surface area contributed by atoms with Gasteiger partial charge in [-0.15, -0.1) is 0 Å². The smallest absolute Gasteiger partial charge is 0.335 e. The molecule has 0 saturated heterocycles. The maximum atomic E-state index is 11.3. The molecule has 160 valence electrons. The van der Waals surface area contributed by atoms with Gasteiger partial charge in [0.05, 0.1) is 12.7 Å². The van der Waals surface area contributed by atoms with E-state index >= 15 is 0 Å². The summed E-state index contributed by atoms with van der Waals surface area (Å²) in [4.78, 5) is 11.3. The molecule has 1 aliphatic heterocycles. The number of carboxylic acids is 1. The minimum absolute atomic E-state index is 0.254. The number of hydrogen-bond donors (Lipinski definition) is 1. The first-order valence-corrected chi connectivity index (χ1v) is 11.4. The van der Waals surface area contributed by atoms with Crippen LogP contribution in [-0.4, -0.2) is 24.8 Å². The van der Waals surface area contributed by atoms with Gasteiger partial charge in [-0.05, 0) is 103 Å². The fourth-order valence-electron chi connectivity index (χ4n) is 7.23. The van der Waals surface area contributed by atoms with Gasteiger partial charge in [0, 0.05) is 11.1 Å². The molecule has 0 aromatic heterocycles. The van der Waals surface area contributed by atoms with Crippen molar-refractivity contribution >= 4 is 17.6 Å². The summed E-state index contributed by atoms with van der Waals surface area (Å²) in [7, 11) is 1.79. The number of hydrogen-bond acceptors (Lipinski definition) is 3. The number of methoxy groups -OCH3 is 1. The predicted molar refractivity (Wildman–Crippen MR) is 120 cm³/mol. The second kappa shape index (κ2) is 6.88. The van der Waals surface area contributed by atoms with E-state index in [4.69, 9.17) is 9.47 Å². The molecule has 5 aliphatic rings. The normalized spacial score (nSPS) is 30.4. The molecule has 0 spiro atoms. The first-order valence-electron chi connectivity index (χ1n) is 11.4. The third-order valence-electron chi connectivity index (χ3n) is 8.15. The minimum Gasteiger partial charge on any atom is -0.496 e. The van der Waals surface area contributed by atoms with E-state index in [2.05, 4.69) is 24.3 Å². The van der Waals surface area contributed by atoms with Gasteiger partial charge in [0.25, 0.3) is 0 Å². The maximum absolute atomic E-state index is 11.3. The van der Waals surface area contributed by atoms with Gasteiger partial charge in [0.1, 0.15) is 18.1 Å². The molecular weight excluding hydrogens is 388 g/mol. The molecule has 4 nitrogen and oxygen atoms in total. The number of fused-ring (bicyclic) bond motifs is 1. The molecular formula is C27H28O4. The Labute approximate surface area is 182 Å². The molecule has 4 saturated carbocycles. The topological polar surface area (TPSA) is 55.8 Å². The van der Waals surface area contributed by atoms with Crippen molar-refractivity contribution in [2.75, 3.05) is 13.7 Å². The van der Waals surface area contributed by atoms with Crippen LogP contribution in [0.2, 0.25) is 0 Å². The van der Waals surface area contributed by atoms with Gasteiger partial charge in [0.15, 0.2) is 0 Å². The average molecular weight is 417 g/mol. The first-order chi connectivity index (χ1) is 15.0. The van der Waals surface area contributed by atoms with E-state index in [1.54, 1.807) is 19.2 Å². The van der Waals surface area contributed by atoms with Crippen molar-refractivity contribution in [2.24, 2.45) is 17.8 Å². The summed E-state index contributed by atoms with van der Waals surface area (Å²) >= 11 is 0. The van der Waals surface area contributed by atoms with Gasteiger partial charge < -0.3 is 14.6 Å². The van der Waals surface area contributed by atoms with Gasteiger partial charge in [-0.3, -0.25) is 0 Å². The third kappa shape index (κ3) is 3.07. The number of carbonyl (C=O) groups is 1. The van der Waals surface area contributed by atoms with Crippen LogP contribution < -0.4 is 9.47 Å². The Kier molecular flexibility index (Phi) is 4.21. The summed E-state index contributed by atoms with van der Waals surface area (Å²) in [5.74, 6) is 3.37. The van der Waals surface area contributed by atoms with Gasteiger partial charge in [-0.25, -0.2) is 4.79 Å². The predicted octanol–water partition coefficient (Wildman–Crippen LogP) is 5.79. The lowest BCUT2D eigenvalue weighted by Crippen LogP contribution is -2.48. The van der Waals surface area contributed by atoms with Crippen LogP contribution in [0, 0.1) is 17.8 Å². The quantitative estimate of drug-likeness (QED) is 0.685. The lowest BCUT2D eigenvalue weighted by atomic mass is 9.48. The van der Waals surface area contributed by atoms with Crippen molar-refractivity contribution in [1.29, 1.82) is 0 Å². The fraction of sp³-hybridized carbons (Fsp3) is 0.444. The highest BCUT2D eigenvalue weighted by molar-refractivity contribution is 5.91. The zero-order chi connectivity index (χ0) is 21.2. The van der Waals surface area contributed by atoms with E-state index < -0.39 is 5.97 Å². The molecule has 0 amide bonds. The van der Waals surface area contributed by atoms with Crippen LogP contribution in [0.3, 0.4) is 0 Å². The van der Waals surface area contributed by atoms with Crippen molar-refractivity contribution < 1.29 is 19.4 Å². The second-order valence-corrected chi connectivity index (χ2v) is 10.1. The first kappa shape index (κ1) is 19.0.